The fraction of sp³-hybridized carbons (Fsp3) is 0.222. The lowest BCUT2D eigenvalue weighted by molar-refractivity contribution is -0.116. The number of sulfonamides is 1. The molecule has 1 unspecified atom stereocenters. The summed E-state index contributed by atoms with van der Waals surface area (Å²) in [6, 6.07) is 7.44. The molecule has 27 heavy (non-hydrogen) atoms. The molecule has 0 bridgehead atoms. The van der Waals surface area contributed by atoms with Crippen LogP contribution in [0.1, 0.15) is 24.2 Å². The number of benzene rings is 2. The summed E-state index contributed by atoms with van der Waals surface area (Å²) in [4.78, 5) is 24.0. The lowest BCUT2D eigenvalue weighted by Crippen LogP contribution is -2.45. The molecular weight excluding hydrogens is 378 g/mol. The minimum absolute atomic E-state index is 0.184. The van der Waals surface area contributed by atoms with Crippen LogP contribution in [-0.4, -0.2) is 32.4 Å². The van der Waals surface area contributed by atoms with Gasteiger partial charge in [-0.1, -0.05) is 12.1 Å². The van der Waals surface area contributed by atoms with Crippen molar-refractivity contribution in [2.75, 3.05) is 15.9 Å². The predicted octanol–water partition coefficient (Wildman–Crippen LogP) is 2.96. The molecule has 0 heterocycles. The highest BCUT2D eigenvalue weighted by Crippen LogP contribution is 2.24. The zero-order valence-electron chi connectivity index (χ0n) is 14.9. The topological polar surface area (TPSA) is 83.6 Å². The lowest BCUT2D eigenvalue weighted by atomic mass is 10.1. The zero-order valence-corrected chi connectivity index (χ0v) is 15.7. The molecule has 0 aliphatic heterocycles. The zero-order chi connectivity index (χ0) is 20.4. The van der Waals surface area contributed by atoms with Crippen molar-refractivity contribution < 1.29 is 26.8 Å². The Labute approximate surface area is 155 Å². The van der Waals surface area contributed by atoms with Crippen LogP contribution in [0.4, 0.5) is 20.2 Å². The van der Waals surface area contributed by atoms with Gasteiger partial charge in [-0.25, -0.2) is 17.2 Å². The van der Waals surface area contributed by atoms with Crippen molar-refractivity contribution in [3.05, 3.63) is 59.7 Å². The second-order valence-corrected chi connectivity index (χ2v) is 7.82. The van der Waals surface area contributed by atoms with Crippen LogP contribution in [0, 0.1) is 11.6 Å². The third kappa shape index (κ3) is 4.88. The van der Waals surface area contributed by atoms with E-state index in [1.54, 1.807) is 18.2 Å². The van der Waals surface area contributed by atoms with Gasteiger partial charge in [0.1, 0.15) is 6.04 Å². The Hall–Kier alpha value is -2.81. The molecule has 0 spiro atoms. The van der Waals surface area contributed by atoms with E-state index in [1.165, 1.54) is 19.9 Å². The average molecular weight is 396 g/mol. The summed E-state index contributed by atoms with van der Waals surface area (Å²) < 4.78 is 51.7. The van der Waals surface area contributed by atoms with Gasteiger partial charge in [0.05, 0.1) is 11.9 Å². The van der Waals surface area contributed by atoms with Crippen LogP contribution in [0.3, 0.4) is 0 Å². The van der Waals surface area contributed by atoms with E-state index in [1.807, 2.05) is 0 Å². The van der Waals surface area contributed by atoms with Crippen molar-refractivity contribution in [1.29, 1.82) is 0 Å². The van der Waals surface area contributed by atoms with E-state index >= 15 is 0 Å². The van der Waals surface area contributed by atoms with Gasteiger partial charge in [-0.15, -0.1) is 0 Å². The lowest BCUT2D eigenvalue weighted by Gasteiger charge is -2.28. The van der Waals surface area contributed by atoms with Crippen LogP contribution in [0.5, 0.6) is 0 Å². The smallest absolute Gasteiger partial charge is 0.247 e. The first-order chi connectivity index (χ1) is 12.5. The van der Waals surface area contributed by atoms with Crippen LogP contribution < -0.4 is 9.62 Å². The predicted molar refractivity (Wildman–Crippen MR) is 98.2 cm³/mol. The van der Waals surface area contributed by atoms with E-state index in [0.717, 1.165) is 18.4 Å². The summed E-state index contributed by atoms with van der Waals surface area (Å²) in [7, 11) is -3.98. The highest BCUT2D eigenvalue weighted by molar-refractivity contribution is 7.92. The molecule has 0 saturated carbocycles. The first-order valence-electron chi connectivity index (χ1n) is 7.87. The fourth-order valence-corrected chi connectivity index (χ4v) is 3.66. The Morgan fingerprint density at radius 3 is 2.30 bits per heavy atom. The monoisotopic (exact) mass is 396 g/mol. The summed E-state index contributed by atoms with van der Waals surface area (Å²) in [6.07, 6.45) is 0.856. The van der Waals surface area contributed by atoms with Gasteiger partial charge in [0, 0.05) is 17.3 Å². The van der Waals surface area contributed by atoms with Gasteiger partial charge in [-0.05, 0) is 38.1 Å². The Morgan fingerprint density at radius 2 is 1.74 bits per heavy atom. The largest absolute Gasteiger partial charge is 0.324 e. The van der Waals surface area contributed by atoms with Gasteiger partial charge in [0.15, 0.2) is 17.4 Å². The van der Waals surface area contributed by atoms with Gasteiger partial charge in [0.2, 0.25) is 15.9 Å². The standard InChI is InChI=1S/C18H18F2N2O4S/c1-11(18(24)21-14-6-4-5-13(9-14)12(2)23)22(27(3,25)26)15-7-8-16(19)17(20)10-15/h4-11H,1-3H3,(H,21,24). The van der Waals surface area contributed by atoms with Crippen molar-refractivity contribution in [3.8, 4) is 0 Å². The number of hydrogen-bond acceptors (Lipinski definition) is 4. The molecule has 0 saturated heterocycles. The van der Waals surface area contributed by atoms with E-state index in [9.17, 15) is 26.8 Å². The molecule has 0 fully saturated rings. The van der Waals surface area contributed by atoms with Crippen molar-refractivity contribution >= 4 is 33.1 Å². The van der Waals surface area contributed by atoms with Gasteiger partial charge in [0.25, 0.3) is 0 Å². The molecule has 0 aliphatic rings. The molecule has 0 aliphatic carbocycles. The maximum Gasteiger partial charge on any atom is 0.247 e. The summed E-state index contributed by atoms with van der Waals surface area (Å²) in [5.74, 6) is -3.27. The summed E-state index contributed by atoms with van der Waals surface area (Å²) in [6.45, 7) is 2.69. The van der Waals surface area contributed by atoms with Gasteiger partial charge >= 0.3 is 0 Å². The second-order valence-electron chi connectivity index (χ2n) is 5.96. The van der Waals surface area contributed by atoms with Gasteiger partial charge in [-0.3, -0.25) is 13.9 Å². The summed E-state index contributed by atoms with van der Waals surface area (Å²) in [5.41, 5.74) is 0.496. The number of rotatable bonds is 6. The number of ketones is 1. The van der Waals surface area contributed by atoms with Crippen LogP contribution in [0.15, 0.2) is 42.5 Å². The first kappa shape index (κ1) is 20.5. The Kier molecular flexibility index (Phi) is 5.94. The molecule has 9 heteroatoms. The average Bonchev–Trinajstić information content (AvgIpc) is 2.57. The van der Waals surface area contributed by atoms with E-state index in [0.29, 0.717) is 21.6 Å². The normalized spacial score (nSPS) is 12.3. The third-order valence-electron chi connectivity index (χ3n) is 3.78. The maximum atomic E-state index is 13.5. The number of carbonyl (C=O) groups is 2. The molecule has 2 rings (SSSR count). The van der Waals surface area contributed by atoms with Crippen molar-refractivity contribution in [2.24, 2.45) is 0 Å². The highest BCUT2D eigenvalue weighted by Gasteiger charge is 2.30. The molecule has 2 aromatic carbocycles. The number of nitrogens with one attached hydrogen (secondary N) is 1. The molecule has 6 nitrogen and oxygen atoms in total. The number of halogens is 2. The maximum absolute atomic E-state index is 13.5. The van der Waals surface area contributed by atoms with Gasteiger partial charge < -0.3 is 5.32 Å². The number of nitrogens with zero attached hydrogens (tertiary/aromatic N) is 1. The minimum Gasteiger partial charge on any atom is -0.324 e. The van der Waals surface area contributed by atoms with E-state index in [2.05, 4.69) is 5.32 Å². The number of carbonyl (C=O) groups excluding carboxylic acids is 2. The Morgan fingerprint density at radius 1 is 1.07 bits per heavy atom. The summed E-state index contributed by atoms with van der Waals surface area (Å²) in [5, 5.41) is 2.52. The Bertz CT molecular complexity index is 993. The molecule has 2 aromatic rings. The number of amides is 1. The molecule has 1 atom stereocenters. The molecule has 144 valence electrons. The number of Topliss-reactive ketones (excluding diaryl/α,β-unsaturated/α-hetero) is 1. The molecule has 0 aromatic heterocycles. The van der Waals surface area contributed by atoms with Crippen LogP contribution >= 0.6 is 0 Å². The highest BCUT2D eigenvalue weighted by atomic mass is 32.2. The van der Waals surface area contributed by atoms with E-state index < -0.39 is 33.6 Å². The molecule has 1 amide bonds. The summed E-state index contributed by atoms with van der Waals surface area (Å²) >= 11 is 0. The SMILES string of the molecule is CC(=O)c1cccc(NC(=O)C(C)N(c2ccc(F)c(F)c2)S(C)(=O)=O)c1. The molecule has 0 radical (unpaired) electrons. The van der Waals surface area contributed by atoms with E-state index in [-0.39, 0.29) is 11.5 Å². The van der Waals surface area contributed by atoms with Crippen molar-refractivity contribution in [3.63, 3.8) is 0 Å². The first-order valence-corrected chi connectivity index (χ1v) is 9.72. The van der Waals surface area contributed by atoms with Crippen molar-refractivity contribution in [1.82, 2.24) is 0 Å². The fourth-order valence-electron chi connectivity index (χ4n) is 2.49. The van der Waals surface area contributed by atoms with Crippen LogP contribution in [0.2, 0.25) is 0 Å². The van der Waals surface area contributed by atoms with Gasteiger partial charge in [-0.2, -0.15) is 0 Å². The van der Waals surface area contributed by atoms with Crippen LogP contribution in [0.25, 0.3) is 0 Å². The minimum atomic E-state index is -3.98. The van der Waals surface area contributed by atoms with Crippen LogP contribution in [-0.2, 0) is 14.8 Å². The third-order valence-corrected chi connectivity index (χ3v) is 5.02. The number of anilines is 2. The second kappa shape index (κ2) is 7.83. The molecule has 1 N–H and O–H groups in total. The number of hydrogen-bond donors (Lipinski definition) is 1. The quantitative estimate of drug-likeness (QED) is 0.761. The molecular formula is C18H18F2N2O4S. The van der Waals surface area contributed by atoms with Crippen molar-refractivity contribution in [2.45, 2.75) is 19.9 Å². The Balaban J connectivity index is 2.33. The van der Waals surface area contributed by atoms with E-state index in [4.69, 9.17) is 0 Å².